The first kappa shape index (κ1) is 11.2. The first-order valence-corrected chi connectivity index (χ1v) is 2.32. The van der Waals surface area contributed by atoms with Crippen LogP contribution in [0.1, 0.15) is 13.8 Å². The molecule has 3 nitrogen and oxygen atoms in total. The van der Waals surface area contributed by atoms with Crippen LogP contribution in [0.15, 0.2) is 0 Å². The molecule has 0 bridgehead atoms. The summed E-state index contributed by atoms with van der Waals surface area (Å²) in [6.45, 7) is 4.66. The summed E-state index contributed by atoms with van der Waals surface area (Å²) in [5, 5.41) is 4.13. The van der Waals surface area contributed by atoms with Gasteiger partial charge in [0, 0.05) is 17.4 Å². The molecule has 0 atom stereocenters. The predicted octanol–water partition coefficient (Wildman–Crippen LogP) is 0.525. The number of hydrogen-bond donors (Lipinski definition) is 0. The van der Waals surface area contributed by atoms with Gasteiger partial charge < -0.3 is 0 Å². The van der Waals surface area contributed by atoms with Crippen LogP contribution in [0.4, 0.5) is 0 Å². The van der Waals surface area contributed by atoms with Gasteiger partial charge in [-0.3, -0.25) is 0 Å². The second-order valence-corrected chi connectivity index (χ2v) is 0.881. The van der Waals surface area contributed by atoms with E-state index in [2.05, 4.69) is 14.8 Å². The van der Waals surface area contributed by atoms with Gasteiger partial charge in [0.1, 0.15) is 0 Å². The Bertz CT molecular complexity index is 30.5. The SMILES string of the molecule is CCOOOCC.[Al]. The van der Waals surface area contributed by atoms with Crippen molar-refractivity contribution in [2.24, 2.45) is 0 Å². The van der Waals surface area contributed by atoms with Crippen LogP contribution in [-0.2, 0) is 14.8 Å². The molecule has 0 aliphatic carbocycles. The third-order valence-corrected chi connectivity index (χ3v) is 0.332. The zero-order chi connectivity index (χ0) is 5.54. The fourth-order valence-electron chi connectivity index (χ4n) is 0.130. The fourth-order valence-corrected chi connectivity index (χ4v) is 0.130. The van der Waals surface area contributed by atoms with Crippen molar-refractivity contribution in [2.45, 2.75) is 13.8 Å². The van der Waals surface area contributed by atoms with Crippen LogP contribution in [-0.4, -0.2) is 30.6 Å². The Morgan fingerprint density at radius 1 is 1.00 bits per heavy atom. The highest BCUT2D eigenvalue weighted by atomic mass is 27.0. The summed E-state index contributed by atoms with van der Waals surface area (Å²) in [5.74, 6) is 0. The molecule has 4 heteroatoms. The molecule has 0 unspecified atom stereocenters. The average Bonchev–Trinajstić information content (AvgIpc) is 1.69. The minimum absolute atomic E-state index is 0. The Morgan fingerprint density at radius 3 is 1.62 bits per heavy atom. The van der Waals surface area contributed by atoms with Gasteiger partial charge in [-0.05, 0) is 13.8 Å². The van der Waals surface area contributed by atoms with Crippen LogP contribution in [0.25, 0.3) is 0 Å². The minimum atomic E-state index is 0. The summed E-state index contributed by atoms with van der Waals surface area (Å²) < 4.78 is 0. The lowest BCUT2D eigenvalue weighted by Gasteiger charge is -1.94. The first-order chi connectivity index (χ1) is 3.41. The molecule has 0 aromatic heterocycles. The standard InChI is InChI=1S/C4H10O3.Al/c1-3-5-7-6-4-2;/h3-4H2,1-2H3;. The molecule has 8 heavy (non-hydrogen) atoms. The largest absolute Gasteiger partial charge is 0.206 e. The van der Waals surface area contributed by atoms with Gasteiger partial charge in [-0.2, -0.15) is 0 Å². The van der Waals surface area contributed by atoms with Crippen LogP contribution >= 0.6 is 0 Å². The number of rotatable bonds is 4. The molecule has 0 saturated heterocycles. The summed E-state index contributed by atoms with van der Waals surface area (Å²) in [5.41, 5.74) is 0. The van der Waals surface area contributed by atoms with Crippen molar-refractivity contribution in [1.29, 1.82) is 0 Å². The van der Waals surface area contributed by atoms with Crippen LogP contribution in [0.3, 0.4) is 0 Å². The van der Waals surface area contributed by atoms with Gasteiger partial charge in [-0.1, -0.05) is 5.04 Å². The van der Waals surface area contributed by atoms with Crippen molar-refractivity contribution >= 4 is 17.4 Å². The summed E-state index contributed by atoms with van der Waals surface area (Å²) in [6, 6.07) is 0. The van der Waals surface area contributed by atoms with E-state index in [4.69, 9.17) is 0 Å². The third kappa shape index (κ3) is 9.65. The maximum absolute atomic E-state index is 4.35. The topological polar surface area (TPSA) is 27.7 Å². The molecule has 0 fully saturated rings. The second-order valence-electron chi connectivity index (χ2n) is 0.881. The highest BCUT2D eigenvalue weighted by Crippen LogP contribution is 1.77. The molecule has 0 aliphatic rings. The maximum atomic E-state index is 4.35. The molecular weight excluding hydrogens is 123 g/mol. The zero-order valence-electron chi connectivity index (χ0n) is 5.22. The lowest BCUT2D eigenvalue weighted by molar-refractivity contribution is -0.509. The van der Waals surface area contributed by atoms with Crippen molar-refractivity contribution < 1.29 is 14.8 Å². The summed E-state index contributed by atoms with van der Waals surface area (Å²) in [4.78, 5) is 8.70. The van der Waals surface area contributed by atoms with Crippen LogP contribution in [0, 0.1) is 0 Å². The molecule has 3 radical (unpaired) electrons. The van der Waals surface area contributed by atoms with Gasteiger partial charge in [-0.25, -0.2) is 9.78 Å². The molecule has 0 heterocycles. The van der Waals surface area contributed by atoms with Gasteiger partial charge in [0.25, 0.3) is 0 Å². The Balaban J connectivity index is 0. The first-order valence-electron chi connectivity index (χ1n) is 2.32. The molecule has 0 N–H and O–H groups in total. The van der Waals surface area contributed by atoms with Gasteiger partial charge in [0.05, 0.1) is 13.2 Å². The van der Waals surface area contributed by atoms with Crippen molar-refractivity contribution in [3.8, 4) is 0 Å². The van der Waals surface area contributed by atoms with E-state index in [-0.39, 0.29) is 17.4 Å². The fraction of sp³-hybridized carbons (Fsp3) is 1.00. The van der Waals surface area contributed by atoms with Crippen LogP contribution < -0.4 is 0 Å². The molecule has 0 aromatic rings. The van der Waals surface area contributed by atoms with Crippen molar-refractivity contribution in [1.82, 2.24) is 0 Å². The van der Waals surface area contributed by atoms with Crippen molar-refractivity contribution in [2.75, 3.05) is 13.2 Å². The highest BCUT2D eigenvalue weighted by Gasteiger charge is 1.77. The summed E-state index contributed by atoms with van der Waals surface area (Å²) in [6.07, 6.45) is 0. The van der Waals surface area contributed by atoms with Crippen LogP contribution in [0.2, 0.25) is 0 Å². The van der Waals surface area contributed by atoms with E-state index < -0.39 is 0 Å². The average molecular weight is 133 g/mol. The molecule has 0 spiro atoms. The van der Waals surface area contributed by atoms with E-state index in [1.54, 1.807) is 0 Å². The Hall–Kier alpha value is 0.412. The van der Waals surface area contributed by atoms with Gasteiger partial charge in [0.2, 0.25) is 0 Å². The third-order valence-electron chi connectivity index (χ3n) is 0.332. The molecule has 47 valence electrons. The second kappa shape index (κ2) is 10.4. The Kier molecular flexibility index (Phi) is 14.6. The van der Waals surface area contributed by atoms with E-state index in [0.717, 1.165) is 0 Å². The van der Waals surface area contributed by atoms with E-state index in [1.807, 2.05) is 13.8 Å². The summed E-state index contributed by atoms with van der Waals surface area (Å²) >= 11 is 0. The van der Waals surface area contributed by atoms with E-state index >= 15 is 0 Å². The van der Waals surface area contributed by atoms with E-state index in [1.165, 1.54) is 0 Å². The van der Waals surface area contributed by atoms with Crippen LogP contribution in [0.5, 0.6) is 0 Å². The van der Waals surface area contributed by atoms with Crippen molar-refractivity contribution in [3.63, 3.8) is 0 Å². The lowest BCUT2D eigenvalue weighted by atomic mass is 10.9. The molecule has 0 saturated carbocycles. The monoisotopic (exact) mass is 133 g/mol. The van der Waals surface area contributed by atoms with E-state index in [9.17, 15) is 0 Å². The Morgan fingerprint density at radius 2 is 1.38 bits per heavy atom. The Labute approximate surface area is 59.9 Å². The highest BCUT2D eigenvalue weighted by molar-refractivity contribution is 5.75. The molecular formula is C4H10AlO3. The van der Waals surface area contributed by atoms with Gasteiger partial charge in [-0.15, -0.1) is 0 Å². The van der Waals surface area contributed by atoms with Gasteiger partial charge in [0.15, 0.2) is 0 Å². The molecule has 0 amide bonds. The van der Waals surface area contributed by atoms with Gasteiger partial charge >= 0.3 is 0 Å². The quantitative estimate of drug-likeness (QED) is 0.242. The smallest absolute Gasteiger partial charge is 0.0825 e. The normalized spacial score (nSPS) is 8.25. The van der Waals surface area contributed by atoms with E-state index in [0.29, 0.717) is 13.2 Å². The lowest BCUT2D eigenvalue weighted by Crippen LogP contribution is -1.94. The predicted molar refractivity (Wildman–Crippen MR) is 30.1 cm³/mol. The number of hydrogen-bond acceptors (Lipinski definition) is 3. The molecule has 0 aliphatic heterocycles. The molecule has 0 aromatic carbocycles. The molecule has 0 rings (SSSR count). The zero-order valence-corrected chi connectivity index (χ0v) is 6.37. The van der Waals surface area contributed by atoms with Crippen molar-refractivity contribution in [3.05, 3.63) is 0 Å². The minimum Gasteiger partial charge on any atom is -0.206 e. The maximum Gasteiger partial charge on any atom is 0.0825 e. The summed E-state index contributed by atoms with van der Waals surface area (Å²) in [7, 11) is 0.